The molecule has 0 aliphatic heterocycles. The molecule has 0 heterocycles. The number of benzene rings is 2. The first-order valence-corrected chi connectivity index (χ1v) is 9.38. The zero-order valence-corrected chi connectivity index (χ0v) is 16.3. The number of nitrogens with zero attached hydrogens (tertiary/aromatic N) is 1. The van der Waals surface area contributed by atoms with E-state index in [1.165, 1.54) is 0 Å². The van der Waals surface area contributed by atoms with Crippen molar-refractivity contribution in [3.63, 3.8) is 0 Å². The first kappa shape index (κ1) is 20.5. The molecular formula is C22H28N2O3. The van der Waals surface area contributed by atoms with Gasteiger partial charge in [0.05, 0.1) is 5.56 Å². The molecule has 5 heteroatoms. The normalized spacial score (nSPS) is 11.5. The maximum absolute atomic E-state index is 12.1. The number of ether oxygens (including phenoxy) is 1. The minimum Gasteiger partial charge on any atom is -0.452 e. The van der Waals surface area contributed by atoms with Gasteiger partial charge in [-0.3, -0.25) is 4.79 Å². The molecule has 1 N–H and O–H groups in total. The minimum atomic E-state index is -0.493. The van der Waals surface area contributed by atoms with Crippen LogP contribution >= 0.6 is 0 Å². The smallest absolute Gasteiger partial charge is 0.338 e. The van der Waals surface area contributed by atoms with Crippen LogP contribution in [-0.2, 0) is 9.53 Å². The maximum Gasteiger partial charge on any atom is 0.338 e. The van der Waals surface area contributed by atoms with Gasteiger partial charge in [0.25, 0.3) is 5.91 Å². The zero-order valence-electron chi connectivity index (χ0n) is 16.3. The Hall–Kier alpha value is -2.82. The maximum atomic E-state index is 12.1. The van der Waals surface area contributed by atoms with Crippen molar-refractivity contribution in [3.8, 4) is 0 Å². The number of nitrogens with one attached hydrogen (secondary N) is 1. The molecule has 1 atom stereocenters. The van der Waals surface area contributed by atoms with Crippen molar-refractivity contribution in [1.82, 2.24) is 5.32 Å². The number of carbonyl (C=O) groups excluding carboxylic acids is 2. The third-order valence-electron chi connectivity index (χ3n) is 4.54. The average Bonchev–Trinajstić information content (AvgIpc) is 2.72. The van der Waals surface area contributed by atoms with Crippen LogP contribution in [0.4, 0.5) is 5.69 Å². The molecule has 2 aromatic rings. The van der Waals surface area contributed by atoms with Crippen molar-refractivity contribution >= 4 is 17.6 Å². The largest absolute Gasteiger partial charge is 0.452 e. The van der Waals surface area contributed by atoms with E-state index in [0.717, 1.165) is 24.3 Å². The first-order valence-electron chi connectivity index (χ1n) is 9.38. The Labute approximate surface area is 161 Å². The summed E-state index contributed by atoms with van der Waals surface area (Å²) in [5.41, 5.74) is 2.66. The summed E-state index contributed by atoms with van der Waals surface area (Å²) in [6, 6.07) is 17.2. The Morgan fingerprint density at radius 1 is 1.00 bits per heavy atom. The molecule has 0 aliphatic rings. The summed E-state index contributed by atoms with van der Waals surface area (Å²) in [4.78, 5) is 26.2. The second kappa shape index (κ2) is 10.4. The molecule has 0 saturated carbocycles. The predicted molar refractivity (Wildman–Crippen MR) is 108 cm³/mol. The van der Waals surface area contributed by atoms with E-state index in [2.05, 4.69) is 24.1 Å². The second-order valence-corrected chi connectivity index (χ2v) is 6.41. The highest BCUT2D eigenvalue weighted by Gasteiger charge is 2.12. The molecule has 0 fully saturated rings. The Bertz CT molecular complexity index is 725. The van der Waals surface area contributed by atoms with Gasteiger partial charge >= 0.3 is 5.97 Å². The highest BCUT2D eigenvalue weighted by Crippen LogP contribution is 2.15. The van der Waals surface area contributed by atoms with E-state index in [1.807, 2.05) is 49.4 Å². The van der Waals surface area contributed by atoms with Crippen LogP contribution in [0.15, 0.2) is 54.6 Å². The summed E-state index contributed by atoms with van der Waals surface area (Å²) >= 11 is 0. The molecule has 1 amide bonds. The fourth-order valence-corrected chi connectivity index (χ4v) is 2.83. The van der Waals surface area contributed by atoms with Gasteiger partial charge < -0.3 is 15.0 Å². The van der Waals surface area contributed by atoms with E-state index in [4.69, 9.17) is 4.74 Å². The molecular weight excluding hydrogens is 340 g/mol. The summed E-state index contributed by atoms with van der Waals surface area (Å²) in [6.07, 6.45) is 0. The molecule has 0 aliphatic carbocycles. The van der Waals surface area contributed by atoms with Crippen LogP contribution in [0, 0.1) is 0 Å². The van der Waals surface area contributed by atoms with Crippen molar-refractivity contribution in [2.24, 2.45) is 0 Å². The van der Waals surface area contributed by atoms with E-state index in [9.17, 15) is 9.59 Å². The van der Waals surface area contributed by atoms with Gasteiger partial charge in [0.2, 0.25) is 0 Å². The summed E-state index contributed by atoms with van der Waals surface area (Å²) < 4.78 is 5.12. The number of carbonyl (C=O) groups is 2. The van der Waals surface area contributed by atoms with Crippen molar-refractivity contribution in [2.75, 3.05) is 31.1 Å². The number of hydrogen-bond acceptors (Lipinski definition) is 4. The van der Waals surface area contributed by atoms with Crippen LogP contribution in [-0.4, -0.2) is 38.1 Å². The standard InChI is InChI=1S/C22H28N2O3/c1-4-24(5-2)20-13-11-19(12-14-20)22(26)27-16-21(25)23-15-17(3)18-9-7-6-8-10-18/h6-14,17H,4-5,15-16H2,1-3H3,(H,23,25)/t17-/m0/s1. The molecule has 144 valence electrons. The monoisotopic (exact) mass is 368 g/mol. The molecule has 0 unspecified atom stereocenters. The van der Waals surface area contributed by atoms with Gasteiger partial charge in [0.1, 0.15) is 0 Å². The van der Waals surface area contributed by atoms with Gasteiger partial charge in [-0.1, -0.05) is 37.3 Å². The van der Waals surface area contributed by atoms with Crippen LogP contribution in [0.1, 0.15) is 42.6 Å². The lowest BCUT2D eigenvalue weighted by atomic mass is 10.0. The van der Waals surface area contributed by atoms with Gasteiger partial charge in [-0.15, -0.1) is 0 Å². The summed E-state index contributed by atoms with van der Waals surface area (Å²) in [7, 11) is 0. The number of amides is 1. The van der Waals surface area contributed by atoms with Crippen LogP contribution in [0.3, 0.4) is 0 Å². The number of hydrogen-bond donors (Lipinski definition) is 1. The topological polar surface area (TPSA) is 58.6 Å². The van der Waals surface area contributed by atoms with E-state index in [1.54, 1.807) is 12.1 Å². The lowest BCUT2D eigenvalue weighted by Gasteiger charge is -2.20. The van der Waals surface area contributed by atoms with E-state index in [-0.39, 0.29) is 18.4 Å². The Kier molecular flexibility index (Phi) is 7.86. The van der Waals surface area contributed by atoms with Crippen molar-refractivity contribution < 1.29 is 14.3 Å². The average molecular weight is 368 g/mol. The lowest BCUT2D eigenvalue weighted by molar-refractivity contribution is -0.124. The third kappa shape index (κ3) is 6.13. The molecule has 2 rings (SSSR count). The number of anilines is 1. The number of esters is 1. The van der Waals surface area contributed by atoms with Crippen LogP contribution < -0.4 is 10.2 Å². The highest BCUT2D eigenvalue weighted by atomic mass is 16.5. The minimum absolute atomic E-state index is 0.193. The lowest BCUT2D eigenvalue weighted by Crippen LogP contribution is -2.31. The van der Waals surface area contributed by atoms with Crippen molar-refractivity contribution in [1.29, 1.82) is 0 Å². The van der Waals surface area contributed by atoms with Gasteiger partial charge in [0, 0.05) is 25.3 Å². The van der Waals surface area contributed by atoms with Gasteiger partial charge in [-0.05, 0) is 49.6 Å². The first-order chi connectivity index (χ1) is 13.0. The second-order valence-electron chi connectivity index (χ2n) is 6.41. The summed E-state index contributed by atoms with van der Waals surface area (Å²) in [5, 5.41) is 2.80. The van der Waals surface area contributed by atoms with Gasteiger partial charge in [0.15, 0.2) is 6.61 Å². The van der Waals surface area contributed by atoms with Crippen molar-refractivity contribution in [2.45, 2.75) is 26.7 Å². The number of rotatable bonds is 9. The molecule has 27 heavy (non-hydrogen) atoms. The fourth-order valence-electron chi connectivity index (χ4n) is 2.83. The van der Waals surface area contributed by atoms with E-state index < -0.39 is 5.97 Å². The van der Waals surface area contributed by atoms with Crippen LogP contribution in [0.5, 0.6) is 0 Å². The fraction of sp³-hybridized carbons (Fsp3) is 0.364. The van der Waals surface area contributed by atoms with Crippen LogP contribution in [0.2, 0.25) is 0 Å². The molecule has 0 spiro atoms. The molecule has 2 aromatic carbocycles. The molecule has 0 radical (unpaired) electrons. The quantitative estimate of drug-likeness (QED) is 0.687. The molecule has 0 saturated heterocycles. The van der Waals surface area contributed by atoms with Crippen molar-refractivity contribution in [3.05, 3.63) is 65.7 Å². The molecule has 0 aromatic heterocycles. The Morgan fingerprint density at radius 2 is 1.63 bits per heavy atom. The third-order valence-corrected chi connectivity index (χ3v) is 4.54. The Morgan fingerprint density at radius 3 is 2.22 bits per heavy atom. The molecule has 0 bridgehead atoms. The SMILES string of the molecule is CCN(CC)c1ccc(C(=O)OCC(=O)NC[C@H](C)c2ccccc2)cc1. The zero-order chi connectivity index (χ0) is 19.6. The molecule has 5 nitrogen and oxygen atoms in total. The highest BCUT2D eigenvalue weighted by molar-refractivity contribution is 5.91. The summed E-state index contributed by atoms with van der Waals surface area (Å²) in [5.74, 6) is -0.600. The Balaban J connectivity index is 1.78. The predicted octanol–water partition coefficient (Wildman–Crippen LogP) is 3.61. The van der Waals surface area contributed by atoms with Gasteiger partial charge in [-0.2, -0.15) is 0 Å². The van der Waals surface area contributed by atoms with Crippen LogP contribution in [0.25, 0.3) is 0 Å². The van der Waals surface area contributed by atoms with E-state index >= 15 is 0 Å². The van der Waals surface area contributed by atoms with E-state index in [0.29, 0.717) is 12.1 Å². The van der Waals surface area contributed by atoms with Gasteiger partial charge in [-0.25, -0.2) is 4.79 Å². The summed E-state index contributed by atoms with van der Waals surface area (Å²) in [6.45, 7) is 8.24.